The molecule has 0 aromatic carbocycles. The molecule has 0 aromatic heterocycles. The van der Waals surface area contributed by atoms with E-state index in [4.69, 9.17) is 4.89 Å². The Bertz CT molecular complexity index is 329. The van der Waals surface area contributed by atoms with E-state index < -0.39 is 22.4 Å². The lowest BCUT2D eigenvalue weighted by molar-refractivity contribution is -0.239. The van der Waals surface area contributed by atoms with Crippen molar-refractivity contribution in [3.05, 3.63) is 0 Å². The van der Waals surface area contributed by atoms with E-state index in [1.54, 1.807) is 0 Å². The summed E-state index contributed by atoms with van der Waals surface area (Å²) >= 11 is 3.83. The number of phosphoric ester groups is 1. The van der Waals surface area contributed by atoms with Gasteiger partial charge in [-0.15, -0.1) is 0 Å². The fraction of sp³-hybridized carbons (Fsp3) is 1.00. The van der Waals surface area contributed by atoms with Crippen LogP contribution in [0.3, 0.4) is 0 Å². The van der Waals surface area contributed by atoms with Crippen LogP contribution >= 0.6 is 22.4 Å². The molecule has 0 aliphatic rings. The molecule has 86 valence electrons. The van der Waals surface area contributed by atoms with Crippen molar-refractivity contribution in [2.24, 2.45) is 0 Å². The number of hydrogen-bond acceptors (Lipinski definition) is 9. The summed E-state index contributed by atoms with van der Waals surface area (Å²) in [6.45, 7) is -4.90. The molecule has 0 aliphatic heterocycles. The van der Waals surface area contributed by atoms with Gasteiger partial charge in [0.1, 0.15) is 6.72 Å². The molecule has 0 aromatic rings. The van der Waals surface area contributed by atoms with Crippen molar-refractivity contribution < 1.29 is 41.8 Å². The minimum absolute atomic E-state index is 0.666. The van der Waals surface area contributed by atoms with Crippen LogP contribution in [0.5, 0.6) is 0 Å². The zero-order valence-electron chi connectivity index (χ0n) is 6.46. The summed E-state index contributed by atoms with van der Waals surface area (Å²) in [5, 5.41) is 0. The summed E-state index contributed by atoms with van der Waals surface area (Å²) in [4.78, 5) is 39.4. The van der Waals surface area contributed by atoms with Gasteiger partial charge in [0.25, 0.3) is 15.6 Å². The van der Waals surface area contributed by atoms with E-state index in [1.807, 2.05) is 0 Å². The Labute approximate surface area is 83.7 Å². The molecule has 1 N–H and O–H groups in total. The smallest absolute Gasteiger partial charge is 0.272 e. The van der Waals surface area contributed by atoms with Gasteiger partial charge in [-0.3, -0.25) is 17.8 Å². The standard InChI is InChI=1S/CH7O9P3S/c1-8-12(5,6)10-13(7,14)9-11(2,3)4/h1H3,(H,5,6)(H,7,14)(H2,2,3,4)/p-3. The number of phosphoric acid groups is 2. The molecule has 0 saturated carbocycles. The van der Waals surface area contributed by atoms with Gasteiger partial charge in [0.05, 0.1) is 0 Å². The molecule has 0 amide bonds. The van der Waals surface area contributed by atoms with E-state index in [-0.39, 0.29) is 0 Å². The second-order valence-corrected chi connectivity index (χ2v) is 7.45. The first-order chi connectivity index (χ1) is 5.97. The normalized spacial score (nSPS) is 24.6. The lowest BCUT2D eigenvalue weighted by Gasteiger charge is -2.35. The number of rotatable bonds is 5. The van der Waals surface area contributed by atoms with E-state index in [2.05, 4.69) is 25.0 Å². The first-order valence-corrected chi connectivity index (χ1v) is 8.13. The molecule has 0 saturated heterocycles. The van der Waals surface area contributed by atoms with E-state index in [0.29, 0.717) is 7.11 Å². The third-order valence-corrected chi connectivity index (χ3v) is 5.50. The van der Waals surface area contributed by atoms with Crippen LogP contribution in [0.15, 0.2) is 0 Å². The molecule has 3 unspecified atom stereocenters. The maximum Gasteiger partial charge on any atom is 0.272 e. The highest BCUT2D eigenvalue weighted by Crippen LogP contribution is 2.61. The topological polar surface area (TPSA) is 151 Å². The van der Waals surface area contributed by atoms with Gasteiger partial charge in [-0.25, -0.2) is 0 Å². The lowest BCUT2D eigenvalue weighted by atomic mass is 11.8. The Morgan fingerprint density at radius 2 is 1.64 bits per heavy atom. The molecular formula is CH4O9P3S-3. The fourth-order valence-corrected chi connectivity index (χ4v) is 4.44. The quantitative estimate of drug-likeness (QED) is 0.571. The number of hydrogen-bond donors (Lipinski definition) is 1. The Morgan fingerprint density at radius 1 is 1.21 bits per heavy atom. The molecule has 14 heavy (non-hydrogen) atoms. The Kier molecular flexibility index (Phi) is 5.06. The lowest BCUT2D eigenvalue weighted by Crippen LogP contribution is -2.14. The molecule has 0 spiro atoms. The van der Waals surface area contributed by atoms with E-state index in [0.717, 1.165) is 0 Å². The SMILES string of the molecule is COP(=O)([O-])OP([O-])(=S)OP(=O)([O-])O. The first-order valence-electron chi connectivity index (χ1n) is 2.62. The summed E-state index contributed by atoms with van der Waals surface area (Å²) in [5.74, 6) is 0. The maximum absolute atomic E-state index is 10.8. The highest BCUT2D eigenvalue weighted by Gasteiger charge is 2.18. The third kappa shape index (κ3) is 7.17. The highest BCUT2D eigenvalue weighted by atomic mass is 32.5. The van der Waals surface area contributed by atoms with Crippen LogP contribution in [0.1, 0.15) is 0 Å². The molecule has 3 atom stereocenters. The largest absolute Gasteiger partial charge is 0.779 e. The highest BCUT2D eigenvalue weighted by molar-refractivity contribution is 8.09. The van der Waals surface area contributed by atoms with Crippen LogP contribution in [-0.4, -0.2) is 12.0 Å². The minimum atomic E-state index is -5.44. The average Bonchev–Trinajstić information content (AvgIpc) is 1.78. The molecule has 9 nitrogen and oxygen atoms in total. The van der Waals surface area contributed by atoms with Crippen LogP contribution in [0, 0.1) is 0 Å². The van der Waals surface area contributed by atoms with Gasteiger partial charge in [0, 0.05) is 7.11 Å². The Balaban J connectivity index is 4.60. The molecule has 0 aliphatic carbocycles. The van der Waals surface area contributed by atoms with Gasteiger partial charge in [-0.2, -0.15) is 0 Å². The van der Waals surface area contributed by atoms with E-state index in [9.17, 15) is 23.8 Å². The van der Waals surface area contributed by atoms with Gasteiger partial charge in [-0.05, 0) is 0 Å². The van der Waals surface area contributed by atoms with Gasteiger partial charge in [0.2, 0.25) is 0 Å². The predicted molar refractivity (Wildman–Crippen MR) is 40.9 cm³/mol. The zero-order chi connectivity index (χ0) is 11.6. The average molecular weight is 285 g/mol. The summed E-state index contributed by atoms with van der Waals surface area (Å²) in [5.41, 5.74) is 0. The van der Waals surface area contributed by atoms with E-state index in [1.165, 1.54) is 0 Å². The summed E-state index contributed by atoms with van der Waals surface area (Å²) in [7, 11) is -9.77. The first kappa shape index (κ1) is 14.8. The summed E-state index contributed by atoms with van der Waals surface area (Å²) in [6.07, 6.45) is 0. The Hall–Kier alpha value is 0.830. The molecule has 0 radical (unpaired) electrons. The van der Waals surface area contributed by atoms with Crippen LogP contribution in [0.2, 0.25) is 0 Å². The van der Waals surface area contributed by atoms with Crippen molar-refractivity contribution in [1.29, 1.82) is 0 Å². The van der Waals surface area contributed by atoms with Crippen molar-refractivity contribution >= 4 is 34.2 Å². The second kappa shape index (κ2) is 4.78. The fourth-order valence-electron chi connectivity index (χ4n) is 0.297. The van der Waals surface area contributed by atoms with Crippen LogP contribution < -0.4 is 14.7 Å². The molecule has 0 fully saturated rings. The van der Waals surface area contributed by atoms with Gasteiger partial charge >= 0.3 is 0 Å². The van der Waals surface area contributed by atoms with E-state index >= 15 is 0 Å². The van der Waals surface area contributed by atoms with Crippen LogP contribution in [-0.2, 0) is 34.1 Å². The van der Waals surface area contributed by atoms with Crippen molar-refractivity contribution in [3.8, 4) is 0 Å². The monoisotopic (exact) mass is 285 g/mol. The minimum Gasteiger partial charge on any atom is -0.779 e. The van der Waals surface area contributed by atoms with Crippen molar-refractivity contribution in [2.45, 2.75) is 0 Å². The molecule has 0 rings (SSSR count). The predicted octanol–water partition coefficient (Wildman–Crippen LogP) is -1.82. The zero-order valence-corrected chi connectivity index (χ0v) is 9.96. The van der Waals surface area contributed by atoms with Crippen LogP contribution in [0.4, 0.5) is 0 Å². The van der Waals surface area contributed by atoms with Crippen LogP contribution in [0.25, 0.3) is 0 Å². The second-order valence-electron chi connectivity index (χ2n) is 1.71. The Morgan fingerprint density at radius 3 is 1.93 bits per heavy atom. The van der Waals surface area contributed by atoms with Gasteiger partial charge < -0.3 is 24.1 Å². The van der Waals surface area contributed by atoms with Gasteiger partial charge in [-0.1, -0.05) is 11.8 Å². The van der Waals surface area contributed by atoms with Crippen molar-refractivity contribution in [2.75, 3.05) is 7.11 Å². The van der Waals surface area contributed by atoms with Crippen molar-refractivity contribution in [3.63, 3.8) is 0 Å². The molecule has 0 heterocycles. The summed E-state index contributed by atoms with van der Waals surface area (Å²) < 4.78 is 31.1. The van der Waals surface area contributed by atoms with Gasteiger partial charge in [0.15, 0.2) is 0 Å². The molecular weight excluding hydrogens is 281 g/mol. The maximum atomic E-state index is 10.8. The van der Waals surface area contributed by atoms with Crippen molar-refractivity contribution in [1.82, 2.24) is 0 Å². The molecule has 13 heteroatoms. The summed E-state index contributed by atoms with van der Waals surface area (Å²) in [6, 6.07) is 0. The third-order valence-electron chi connectivity index (χ3n) is 0.627. The molecule has 0 bridgehead atoms.